The third kappa shape index (κ3) is 24.5. The Morgan fingerprint density at radius 1 is 0.807 bits per heavy atom. The Kier molecular flexibility index (Phi) is 28.7. The fourth-order valence-corrected chi connectivity index (χ4v) is 5.63. The Morgan fingerprint density at radius 3 is 1.39 bits per heavy atom. The van der Waals surface area contributed by atoms with E-state index in [1.807, 2.05) is 0 Å². The van der Waals surface area contributed by atoms with Gasteiger partial charge in [0.25, 0.3) is 0 Å². The van der Waals surface area contributed by atoms with Gasteiger partial charge in [0.15, 0.2) is 19.2 Å². The molecule has 0 saturated heterocycles. The maximum absolute atomic E-state index is 11.1. The van der Waals surface area contributed by atoms with E-state index in [1.54, 1.807) is 0 Å². The summed E-state index contributed by atoms with van der Waals surface area (Å²) in [5, 5.41) is 9.20. The molecule has 57 heavy (non-hydrogen) atoms. The smallest absolute Gasteiger partial charge is 0.375 e. The molecule has 4 aliphatic rings. The normalized spacial score (nSPS) is 14.6. The number of carboxylic acids is 1. The highest BCUT2D eigenvalue weighted by molar-refractivity contribution is 7.80. The number of ether oxygens (including phenoxy) is 3. The number of nitrogens with two attached hydrogens (primary N) is 2. The van der Waals surface area contributed by atoms with Gasteiger partial charge < -0.3 is 41.1 Å². The summed E-state index contributed by atoms with van der Waals surface area (Å²) in [5.74, 6) is -2.31. The van der Waals surface area contributed by atoms with E-state index in [2.05, 4.69) is 44.2 Å². The van der Waals surface area contributed by atoms with E-state index in [9.17, 15) is 28.8 Å². The molecule has 26 heteroatoms. The fraction of sp³-hybridized carbons (Fsp3) is 0.548. The van der Waals surface area contributed by atoms with Crippen LogP contribution in [0.15, 0.2) is 0 Å². The summed E-state index contributed by atoms with van der Waals surface area (Å²) in [4.78, 5) is 78.6. The Balaban J connectivity index is 0. The molecule has 0 spiro atoms. The molecule has 16 nitrogen and oxygen atoms in total. The maximum atomic E-state index is 11.1. The summed E-state index contributed by atoms with van der Waals surface area (Å²) in [5.41, 5.74) is 10.4. The van der Waals surface area contributed by atoms with Crippen molar-refractivity contribution in [1.29, 1.82) is 0 Å². The molecule has 4 saturated carbocycles. The number of alkyl halides is 3. The molecular formula is C31H38B4Cl3N4O12S3-. The zero-order valence-electron chi connectivity index (χ0n) is 30.9. The summed E-state index contributed by atoms with van der Waals surface area (Å²) in [6.45, 7) is 0. The van der Waals surface area contributed by atoms with E-state index < -0.39 is 39.8 Å². The monoisotopic (exact) mass is 903 g/mol. The summed E-state index contributed by atoms with van der Waals surface area (Å²) >= 11 is 22.4. The predicted molar refractivity (Wildman–Crippen MR) is 223 cm³/mol. The third-order valence-electron chi connectivity index (χ3n) is 6.75. The first kappa shape index (κ1) is 56.0. The third-order valence-corrected chi connectivity index (χ3v) is 9.73. The number of Topliss-reactive ketones (excluding diaryl/α,β-unsaturated/α-hetero) is 1. The highest BCUT2D eigenvalue weighted by Crippen LogP contribution is 2.41. The minimum atomic E-state index is -1.29. The second-order valence-corrected chi connectivity index (χ2v) is 15.6. The van der Waals surface area contributed by atoms with E-state index >= 15 is 0 Å². The number of hydrogen-bond donors (Lipinski definition) is 3. The molecule has 0 aromatic carbocycles. The number of hydrogen-bond acceptors (Lipinski definition) is 16. The van der Waals surface area contributed by atoms with Crippen molar-refractivity contribution in [2.75, 3.05) is 21.3 Å². The molecule has 1 amide bonds. The highest BCUT2D eigenvalue weighted by atomic mass is 35.5. The van der Waals surface area contributed by atoms with Crippen molar-refractivity contribution in [2.45, 2.75) is 73.3 Å². The zero-order chi connectivity index (χ0) is 43.3. The molecule has 306 valence electrons. The van der Waals surface area contributed by atoms with Crippen LogP contribution in [0.4, 0.5) is 0 Å². The van der Waals surface area contributed by atoms with Gasteiger partial charge in [-0.05, 0) is 60.9 Å². The molecule has 0 aliphatic heterocycles. The Labute approximate surface area is 363 Å². The van der Waals surface area contributed by atoms with Crippen LogP contribution in [-0.4, -0.2) is 130 Å². The minimum absolute atomic E-state index is 0. The van der Waals surface area contributed by atoms with Crippen LogP contribution in [0.25, 0.3) is 0 Å². The first-order valence-electron chi connectivity index (χ1n) is 16.2. The van der Waals surface area contributed by atoms with Crippen LogP contribution in [0.1, 0.15) is 94.2 Å². The fourth-order valence-electron chi connectivity index (χ4n) is 3.14. The molecule has 0 bridgehead atoms. The van der Waals surface area contributed by atoms with Gasteiger partial charge in [-0.2, -0.15) is 0 Å². The topological polar surface area (TPSA) is 275 Å². The second-order valence-electron chi connectivity index (χ2n) is 11.4. The van der Waals surface area contributed by atoms with Crippen LogP contribution in [0.5, 0.6) is 0 Å². The van der Waals surface area contributed by atoms with E-state index in [0.29, 0.717) is 32.3 Å². The van der Waals surface area contributed by atoms with Crippen molar-refractivity contribution in [1.82, 2.24) is 9.97 Å². The van der Waals surface area contributed by atoms with Gasteiger partial charge in [0.1, 0.15) is 23.5 Å². The first-order valence-corrected chi connectivity index (χ1v) is 19.5. The number of nitrogens with zero attached hydrogens (tertiary/aromatic N) is 2. The number of rotatable bonds is 9. The number of ketones is 1. The van der Waals surface area contributed by atoms with Crippen molar-refractivity contribution in [3.8, 4) is 0 Å². The average molecular weight is 904 g/mol. The van der Waals surface area contributed by atoms with Gasteiger partial charge in [0.05, 0.1) is 47.8 Å². The van der Waals surface area contributed by atoms with Crippen LogP contribution < -0.4 is 21.0 Å². The quantitative estimate of drug-likeness (QED) is 0.0608. The van der Waals surface area contributed by atoms with Crippen LogP contribution in [0, 0.1) is 11.8 Å². The van der Waals surface area contributed by atoms with Crippen molar-refractivity contribution in [3.63, 3.8) is 0 Å². The zero-order valence-corrected chi connectivity index (χ0v) is 35.6. The molecule has 8 radical (unpaired) electrons. The molecule has 6 rings (SSSR count). The number of halogens is 3. The highest BCUT2D eigenvalue weighted by Gasteiger charge is 2.30. The van der Waals surface area contributed by atoms with Gasteiger partial charge in [-0.3, -0.25) is 9.59 Å². The molecule has 4 fully saturated rings. The summed E-state index contributed by atoms with van der Waals surface area (Å²) in [6, 6.07) is 0. The lowest BCUT2D eigenvalue weighted by Crippen LogP contribution is -2.25. The number of aromatic carboxylic acids is 1. The average Bonchev–Trinajstić information content (AvgIpc) is 3.97. The van der Waals surface area contributed by atoms with E-state index in [1.165, 1.54) is 49.7 Å². The minimum Gasteiger partial charge on any atom is -0.870 e. The maximum Gasteiger partial charge on any atom is 0.375 e. The Morgan fingerprint density at radius 2 is 1.21 bits per heavy atom. The van der Waals surface area contributed by atoms with Gasteiger partial charge >= 0.3 is 23.9 Å². The molecular weight excluding hydrogens is 866 g/mol. The Bertz CT molecular complexity index is 1640. The van der Waals surface area contributed by atoms with Gasteiger partial charge in [-0.25, -0.2) is 29.1 Å². The Hall–Kier alpha value is -3.07. The number of esters is 3. The van der Waals surface area contributed by atoms with Crippen LogP contribution in [-0.2, 0) is 38.2 Å². The van der Waals surface area contributed by atoms with Crippen LogP contribution in [0.3, 0.4) is 0 Å². The molecule has 2 aromatic rings. The number of carbonyl (C=O) groups is 7. The number of primary amides is 1. The first-order chi connectivity index (χ1) is 26.2. The molecule has 6 N–H and O–H groups in total. The summed E-state index contributed by atoms with van der Waals surface area (Å²) in [7, 11) is 23.8. The van der Waals surface area contributed by atoms with Gasteiger partial charge in [-0.15, -0.1) is 34.3 Å². The largest absolute Gasteiger partial charge is 0.870 e. The standard InChI is InChI=1S/C8H8BNO2S.C7H6BNO2S.C4H4BClO3.C4H7NO.C4H7NS.C3H4Cl2O2.CHBO.H2O/c1-12-8(11)5-6(9)13-7(10-5)4-2-3-4;8-5-4(7(10)11)9-6(12-5)3-1-2-3;1-9-4(8)2(7)3(5)6;2*5-4(6)3-1-2-3;1-7-3(6)2(4)5;2-1-3;/h4H,2-3H2,1H3;3H,1-2H2,(H,10,11);3H,1H3;2*3H,1-2H2,(H2,5,6);2H,1H3;1H;1H2/p-1. The SMILES string of the molecule is COC(=O)C(Cl)Cl.NC(=O)C1CC1.NC(=S)C1CC1.[B]C(Cl)C(=O)C(=O)OC.[B]C=O.[B]c1sc(C2CC2)nc1C(=O)O.[B]c1sc(C2CC2)nc1C(=O)OC.[OH-]. The van der Waals surface area contributed by atoms with Crippen LogP contribution >= 0.6 is 69.7 Å². The lowest BCUT2D eigenvalue weighted by molar-refractivity contribution is -0.150. The van der Waals surface area contributed by atoms with Crippen molar-refractivity contribution in [3.05, 3.63) is 21.4 Å². The lowest BCUT2D eigenvalue weighted by Gasteiger charge is -1.97. The molecule has 2 heterocycles. The molecule has 2 aromatic heterocycles. The number of amides is 1. The summed E-state index contributed by atoms with van der Waals surface area (Å²) < 4.78 is 13.5. The van der Waals surface area contributed by atoms with Crippen molar-refractivity contribution in [2.24, 2.45) is 23.3 Å². The number of methoxy groups -OCH3 is 3. The predicted octanol–water partition coefficient (Wildman–Crippen LogP) is 1.27. The number of thiazole rings is 2. The lowest BCUT2D eigenvalue weighted by atomic mass is 10.0. The number of aromatic nitrogens is 2. The summed E-state index contributed by atoms with van der Waals surface area (Å²) in [6.07, 6.45) is 9.31. The number of carbonyl (C=O) groups excluding carboxylic acids is 6. The number of carboxylic acid groups (broad SMARTS) is 1. The van der Waals surface area contributed by atoms with E-state index in [4.69, 9.17) is 79.7 Å². The molecule has 1 unspecified atom stereocenters. The molecule has 4 aliphatic carbocycles. The molecule has 1 atom stereocenters. The van der Waals surface area contributed by atoms with Crippen molar-refractivity contribution < 1.29 is 58.4 Å². The second kappa shape index (κ2) is 29.2. The van der Waals surface area contributed by atoms with Gasteiger partial charge in [0.2, 0.25) is 16.5 Å². The number of thiocarbonyl (C=S) groups is 1. The van der Waals surface area contributed by atoms with Crippen LogP contribution in [0.2, 0.25) is 0 Å². The van der Waals surface area contributed by atoms with Gasteiger partial charge in [-0.1, -0.05) is 35.4 Å². The van der Waals surface area contributed by atoms with E-state index in [-0.39, 0.29) is 34.9 Å². The van der Waals surface area contributed by atoms with Crippen molar-refractivity contribution >= 4 is 157 Å². The van der Waals surface area contributed by atoms with E-state index in [0.717, 1.165) is 55.6 Å². The van der Waals surface area contributed by atoms with Gasteiger partial charge in [0, 0.05) is 23.7 Å².